The Balaban J connectivity index is 2.17. The van der Waals surface area contributed by atoms with Crippen LogP contribution < -0.4 is 26.0 Å². The van der Waals surface area contributed by atoms with Crippen LogP contribution in [0.25, 0.3) is 0 Å². The average molecular weight is 843 g/mol. The van der Waals surface area contributed by atoms with Crippen molar-refractivity contribution in [2.75, 3.05) is 33.8 Å². The van der Waals surface area contributed by atoms with Crippen molar-refractivity contribution >= 4 is 35.4 Å². The number of aliphatic hydroxyl groups excluding tert-OH is 1. The van der Waals surface area contributed by atoms with Gasteiger partial charge in [0.2, 0.25) is 35.4 Å². The van der Waals surface area contributed by atoms with E-state index in [9.17, 15) is 33.9 Å². The lowest BCUT2D eigenvalue weighted by Crippen LogP contribution is -2.59. The first-order chi connectivity index (χ1) is 28.3. The fourth-order valence-corrected chi connectivity index (χ4v) is 7.46. The quantitative estimate of drug-likeness (QED) is 0.0786. The molecule has 5 atom stereocenters. The minimum Gasteiger partial charge on any atom is -0.497 e. The van der Waals surface area contributed by atoms with E-state index in [0.29, 0.717) is 76.2 Å². The number of nitrogens with zero attached hydrogens (tertiary/aromatic N) is 2. The summed E-state index contributed by atoms with van der Waals surface area (Å²) in [4.78, 5) is 83.6. The largest absolute Gasteiger partial charge is 0.497 e. The predicted octanol–water partition coefficient (Wildman–Crippen LogP) is 4.75. The maximum atomic E-state index is 14.5. The summed E-state index contributed by atoms with van der Waals surface area (Å²) in [5.41, 5.74) is 0.769. The molecule has 0 unspecified atom stereocenters. The van der Waals surface area contributed by atoms with Crippen molar-refractivity contribution in [2.45, 2.75) is 163 Å². The van der Waals surface area contributed by atoms with Crippen molar-refractivity contribution < 1.29 is 38.6 Å². The summed E-state index contributed by atoms with van der Waals surface area (Å²) in [5.74, 6) is -0.352. The van der Waals surface area contributed by atoms with Gasteiger partial charge in [0, 0.05) is 45.9 Å². The van der Waals surface area contributed by atoms with Crippen LogP contribution in [0.2, 0.25) is 0 Å². The standard InChI is InChI=1S/C46H78N6O8/c1-30(2)21-23-48-41(54)16-12-11-13-22-47-42(55)29-40(53)36(25-31(3)4)49-45(58)39(26-32(5)6)51(9)46(59)37(28-34-17-19-35(60-10)20-18-34)50-44(57)38-15-14-24-52(38)43(56)27-33(7)8/h17-20,30-33,36-40,53H,11-16,21-29H2,1-10H3,(H,47,55)(H,48,54)(H,49,58)(H,50,57)/t36-,37-,38-,39-,40-/m0/s1. The number of likely N-dealkylation sites (N-methyl/N-ethyl adjacent to an activating group) is 1. The molecule has 5 N–H and O–H groups in total. The van der Waals surface area contributed by atoms with Gasteiger partial charge in [0.25, 0.3) is 0 Å². The third kappa shape index (κ3) is 19.0. The summed E-state index contributed by atoms with van der Waals surface area (Å²) in [7, 11) is 3.12. The Morgan fingerprint density at radius 2 is 1.45 bits per heavy atom. The van der Waals surface area contributed by atoms with Crippen LogP contribution in [0.5, 0.6) is 5.75 Å². The molecule has 0 saturated carbocycles. The monoisotopic (exact) mass is 843 g/mol. The molecule has 1 aromatic rings. The number of nitrogens with one attached hydrogen (secondary N) is 4. The van der Waals surface area contributed by atoms with Gasteiger partial charge in [-0.15, -0.1) is 0 Å². The van der Waals surface area contributed by atoms with Crippen molar-refractivity contribution in [1.82, 2.24) is 31.1 Å². The molecular formula is C46H78N6O8. The molecule has 2 rings (SSSR count). The van der Waals surface area contributed by atoms with E-state index in [0.717, 1.165) is 24.8 Å². The first-order valence-corrected chi connectivity index (χ1v) is 22.3. The molecular weight excluding hydrogens is 765 g/mol. The highest BCUT2D eigenvalue weighted by Crippen LogP contribution is 2.22. The average Bonchev–Trinajstić information content (AvgIpc) is 3.67. The molecule has 1 heterocycles. The Kier molecular flexibility index (Phi) is 23.3. The van der Waals surface area contributed by atoms with Crippen LogP contribution in [0.3, 0.4) is 0 Å². The van der Waals surface area contributed by atoms with E-state index >= 15 is 0 Å². The Bertz CT molecular complexity index is 1500. The topological polar surface area (TPSA) is 186 Å². The fourth-order valence-electron chi connectivity index (χ4n) is 7.46. The van der Waals surface area contributed by atoms with Crippen molar-refractivity contribution in [1.29, 1.82) is 0 Å². The first-order valence-electron chi connectivity index (χ1n) is 22.3. The Hall–Kier alpha value is -4.20. The first kappa shape index (κ1) is 51.9. The molecule has 0 radical (unpaired) electrons. The van der Waals surface area contributed by atoms with Crippen LogP contribution in [0.4, 0.5) is 0 Å². The number of benzene rings is 1. The highest BCUT2D eigenvalue weighted by molar-refractivity contribution is 5.94. The van der Waals surface area contributed by atoms with E-state index in [1.807, 2.05) is 53.7 Å². The van der Waals surface area contributed by atoms with Crippen molar-refractivity contribution in [3.05, 3.63) is 29.8 Å². The lowest BCUT2D eigenvalue weighted by atomic mass is 9.95. The predicted molar refractivity (Wildman–Crippen MR) is 235 cm³/mol. The Labute approximate surface area is 360 Å². The second-order valence-corrected chi connectivity index (χ2v) is 18.3. The van der Waals surface area contributed by atoms with E-state index < -0.39 is 48.0 Å². The van der Waals surface area contributed by atoms with E-state index in [1.165, 1.54) is 4.90 Å². The zero-order chi connectivity index (χ0) is 44.9. The molecule has 1 aromatic carbocycles. The van der Waals surface area contributed by atoms with Crippen molar-refractivity contribution in [2.24, 2.45) is 23.7 Å². The van der Waals surface area contributed by atoms with Gasteiger partial charge in [-0.05, 0) is 86.3 Å². The zero-order valence-corrected chi connectivity index (χ0v) is 38.3. The third-order valence-corrected chi connectivity index (χ3v) is 10.8. The van der Waals surface area contributed by atoms with E-state index in [1.54, 1.807) is 31.2 Å². The molecule has 1 fully saturated rings. The Morgan fingerprint density at radius 3 is 2.05 bits per heavy atom. The van der Waals surface area contributed by atoms with Gasteiger partial charge in [0.15, 0.2) is 0 Å². The number of aliphatic hydroxyl groups is 1. The highest BCUT2D eigenvalue weighted by Gasteiger charge is 2.39. The number of carbonyl (C=O) groups is 6. The number of ether oxygens (including phenoxy) is 1. The smallest absolute Gasteiger partial charge is 0.245 e. The SMILES string of the molecule is COc1ccc(C[C@H](NC(=O)[C@@H]2CCCN2C(=O)CC(C)C)C(=O)N(C)[C@@H](CC(C)C)C(=O)N[C@@H](CC(C)C)[C@@H](O)CC(=O)NCCCCCC(=O)NCCC(C)C)cc1. The number of hydrogen-bond donors (Lipinski definition) is 5. The number of methoxy groups -OCH3 is 1. The van der Waals surface area contributed by atoms with Gasteiger partial charge in [0.05, 0.1) is 25.7 Å². The van der Waals surface area contributed by atoms with Crippen molar-refractivity contribution in [3.63, 3.8) is 0 Å². The van der Waals surface area contributed by atoms with E-state index in [4.69, 9.17) is 4.74 Å². The summed E-state index contributed by atoms with van der Waals surface area (Å²) in [6, 6.07) is 3.74. The number of rotatable bonds is 27. The van der Waals surface area contributed by atoms with Crippen LogP contribution in [0.15, 0.2) is 24.3 Å². The number of unbranched alkanes of at least 4 members (excludes halogenated alkanes) is 2. The molecule has 14 heteroatoms. The summed E-state index contributed by atoms with van der Waals surface area (Å²) in [5, 5.41) is 23.1. The Morgan fingerprint density at radius 1 is 0.800 bits per heavy atom. The number of amides is 6. The van der Waals surface area contributed by atoms with Gasteiger partial charge >= 0.3 is 0 Å². The number of likely N-dealkylation sites (tertiary alicyclic amines) is 1. The molecule has 14 nitrogen and oxygen atoms in total. The normalized spacial score (nSPS) is 16.1. The molecule has 1 saturated heterocycles. The highest BCUT2D eigenvalue weighted by atomic mass is 16.5. The van der Waals surface area contributed by atoms with Gasteiger partial charge in [-0.1, -0.05) is 73.9 Å². The minimum atomic E-state index is -1.18. The summed E-state index contributed by atoms with van der Waals surface area (Å²) in [6.45, 7) is 17.5. The lowest BCUT2D eigenvalue weighted by molar-refractivity contribution is -0.144. The van der Waals surface area contributed by atoms with Crippen LogP contribution in [0.1, 0.15) is 132 Å². The number of carbonyl (C=O) groups excluding carboxylic acids is 6. The van der Waals surface area contributed by atoms with Crippen LogP contribution in [0, 0.1) is 23.7 Å². The van der Waals surface area contributed by atoms with Gasteiger partial charge < -0.3 is 40.9 Å². The second-order valence-electron chi connectivity index (χ2n) is 18.3. The van der Waals surface area contributed by atoms with Gasteiger partial charge in [0.1, 0.15) is 23.9 Å². The molecule has 0 aliphatic carbocycles. The zero-order valence-electron chi connectivity index (χ0n) is 38.3. The fraction of sp³-hybridized carbons (Fsp3) is 0.739. The summed E-state index contributed by atoms with van der Waals surface area (Å²) in [6.07, 6.45) is 4.52. The molecule has 0 bridgehead atoms. The molecule has 60 heavy (non-hydrogen) atoms. The lowest BCUT2D eigenvalue weighted by Gasteiger charge is -2.34. The maximum absolute atomic E-state index is 14.5. The third-order valence-electron chi connectivity index (χ3n) is 10.8. The van der Waals surface area contributed by atoms with Gasteiger partial charge in [-0.2, -0.15) is 0 Å². The van der Waals surface area contributed by atoms with Crippen LogP contribution >= 0.6 is 0 Å². The molecule has 340 valence electrons. The molecule has 6 amide bonds. The van der Waals surface area contributed by atoms with Crippen LogP contribution in [-0.4, -0.2) is 114 Å². The van der Waals surface area contributed by atoms with Crippen LogP contribution in [-0.2, 0) is 35.2 Å². The summed E-state index contributed by atoms with van der Waals surface area (Å²) >= 11 is 0. The van der Waals surface area contributed by atoms with Crippen molar-refractivity contribution in [3.8, 4) is 5.75 Å². The van der Waals surface area contributed by atoms with E-state index in [-0.39, 0.29) is 48.3 Å². The molecule has 1 aliphatic heterocycles. The second kappa shape index (κ2) is 26.9. The number of hydrogen-bond acceptors (Lipinski definition) is 8. The maximum Gasteiger partial charge on any atom is 0.245 e. The van der Waals surface area contributed by atoms with E-state index in [2.05, 4.69) is 35.1 Å². The summed E-state index contributed by atoms with van der Waals surface area (Å²) < 4.78 is 5.31. The molecule has 0 aromatic heterocycles. The minimum absolute atomic E-state index is 0.00292. The molecule has 0 spiro atoms. The van der Waals surface area contributed by atoms with Gasteiger partial charge in [-0.25, -0.2) is 0 Å². The molecule has 1 aliphatic rings. The van der Waals surface area contributed by atoms with Gasteiger partial charge in [-0.3, -0.25) is 28.8 Å².